The lowest BCUT2D eigenvalue weighted by atomic mass is 10.2. The summed E-state index contributed by atoms with van der Waals surface area (Å²) >= 11 is 0. The first-order valence-electron chi connectivity index (χ1n) is 8.21. The summed E-state index contributed by atoms with van der Waals surface area (Å²) in [7, 11) is 0. The predicted octanol–water partition coefficient (Wildman–Crippen LogP) is 1.36. The topological polar surface area (TPSA) is 123 Å². The number of hydrogen-bond acceptors (Lipinski definition) is 6. The van der Waals surface area contributed by atoms with Gasteiger partial charge in [0.05, 0.1) is 25.0 Å². The Bertz CT molecular complexity index is 757. The van der Waals surface area contributed by atoms with Crippen molar-refractivity contribution >= 4 is 23.9 Å². The third-order valence-corrected chi connectivity index (χ3v) is 3.31. The van der Waals surface area contributed by atoms with Crippen LogP contribution in [0.3, 0.4) is 0 Å². The molecule has 1 rings (SSSR count). The number of hydrogen-bond donors (Lipinski definition) is 1. The molecule has 140 valence electrons. The van der Waals surface area contributed by atoms with E-state index in [1.807, 2.05) is 18.2 Å². The van der Waals surface area contributed by atoms with Gasteiger partial charge in [-0.05, 0) is 11.6 Å². The number of amides is 2. The van der Waals surface area contributed by atoms with E-state index in [-0.39, 0.29) is 31.6 Å². The SMILES string of the molecule is CC(=O)N/C(=C/c1ccccc1)C(=O)OCC(=O)N(CCC#N)CCC#N. The van der Waals surface area contributed by atoms with Gasteiger partial charge in [-0.3, -0.25) is 9.59 Å². The van der Waals surface area contributed by atoms with Gasteiger partial charge in [-0.2, -0.15) is 10.5 Å². The molecule has 0 spiro atoms. The fraction of sp³-hybridized carbons (Fsp3) is 0.316. The highest BCUT2D eigenvalue weighted by Crippen LogP contribution is 2.07. The Morgan fingerprint density at radius 3 is 2.22 bits per heavy atom. The van der Waals surface area contributed by atoms with E-state index >= 15 is 0 Å². The lowest BCUT2D eigenvalue weighted by Gasteiger charge is -2.20. The third-order valence-electron chi connectivity index (χ3n) is 3.31. The molecule has 8 heteroatoms. The average Bonchev–Trinajstić information content (AvgIpc) is 2.66. The van der Waals surface area contributed by atoms with Gasteiger partial charge in [-0.1, -0.05) is 30.3 Å². The molecule has 0 fully saturated rings. The third kappa shape index (κ3) is 8.32. The molecule has 0 unspecified atom stereocenters. The molecule has 8 nitrogen and oxygen atoms in total. The van der Waals surface area contributed by atoms with Crippen LogP contribution in [-0.4, -0.2) is 42.4 Å². The highest BCUT2D eigenvalue weighted by molar-refractivity contribution is 5.98. The number of nitrogens with zero attached hydrogens (tertiary/aromatic N) is 3. The van der Waals surface area contributed by atoms with E-state index in [0.717, 1.165) is 0 Å². The highest BCUT2D eigenvalue weighted by Gasteiger charge is 2.18. The second-order valence-electron chi connectivity index (χ2n) is 5.42. The van der Waals surface area contributed by atoms with Gasteiger partial charge in [-0.15, -0.1) is 0 Å². The Balaban J connectivity index is 2.78. The molecule has 0 saturated heterocycles. The van der Waals surface area contributed by atoms with Crippen molar-refractivity contribution in [3.8, 4) is 12.1 Å². The summed E-state index contributed by atoms with van der Waals surface area (Å²) < 4.78 is 5.00. The summed E-state index contributed by atoms with van der Waals surface area (Å²) in [5.41, 5.74) is 0.580. The van der Waals surface area contributed by atoms with Gasteiger partial charge in [0.2, 0.25) is 5.91 Å². The van der Waals surface area contributed by atoms with Crippen molar-refractivity contribution in [1.29, 1.82) is 10.5 Å². The standard InChI is InChI=1S/C19H20N4O4/c1-15(24)22-17(13-16-7-3-2-4-8-16)19(26)27-14-18(25)23(11-5-9-20)12-6-10-21/h2-4,7-8,13H,5-6,11-12,14H2,1H3,(H,22,24)/b17-13+. The van der Waals surface area contributed by atoms with Crippen LogP contribution in [0.1, 0.15) is 25.3 Å². The average molecular weight is 368 g/mol. The van der Waals surface area contributed by atoms with Gasteiger partial charge in [0.15, 0.2) is 6.61 Å². The van der Waals surface area contributed by atoms with Crippen molar-refractivity contribution in [3.63, 3.8) is 0 Å². The zero-order chi connectivity index (χ0) is 20.1. The zero-order valence-corrected chi connectivity index (χ0v) is 15.0. The van der Waals surface area contributed by atoms with Crippen LogP contribution in [-0.2, 0) is 19.1 Å². The molecule has 1 aromatic carbocycles. The van der Waals surface area contributed by atoms with Crippen LogP contribution in [0.15, 0.2) is 36.0 Å². The second-order valence-corrected chi connectivity index (χ2v) is 5.42. The van der Waals surface area contributed by atoms with E-state index in [4.69, 9.17) is 15.3 Å². The van der Waals surface area contributed by atoms with E-state index in [9.17, 15) is 14.4 Å². The first-order chi connectivity index (χ1) is 13.0. The van der Waals surface area contributed by atoms with Crippen LogP contribution < -0.4 is 5.32 Å². The molecule has 0 aliphatic rings. The second kappa shape index (κ2) is 11.8. The Kier molecular flexibility index (Phi) is 9.37. The van der Waals surface area contributed by atoms with E-state index in [1.165, 1.54) is 17.9 Å². The molecule has 2 amide bonds. The van der Waals surface area contributed by atoms with Crippen LogP contribution in [0.2, 0.25) is 0 Å². The van der Waals surface area contributed by atoms with Gasteiger partial charge in [-0.25, -0.2) is 4.79 Å². The Hall–Kier alpha value is -3.65. The molecule has 1 N–H and O–H groups in total. The van der Waals surface area contributed by atoms with Crippen molar-refractivity contribution in [2.75, 3.05) is 19.7 Å². The first-order valence-corrected chi connectivity index (χ1v) is 8.21. The van der Waals surface area contributed by atoms with Gasteiger partial charge >= 0.3 is 5.97 Å². The minimum absolute atomic E-state index is 0.0953. The quantitative estimate of drug-likeness (QED) is 0.518. The molecule has 0 aliphatic heterocycles. The van der Waals surface area contributed by atoms with Gasteiger partial charge in [0.25, 0.3) is 5.91 Å². The molecule has 0 radical (unpaired) electrons. The minimum Gasteiger partial charge on any atom is -0.451 e. The molecular formula is C19H20N4O4. The summed E-state index contributed by atoms with van der Waals surface area (Å²) in [6.07, 6.45) is 1.66. The van der Waals surface area contributed by atoms with E-state index in [1.54, 1.807) is 24.3 Å². The fourth-order valence-electron chi connectivity index (χ4n) is 2.08. The molecule has 0 aliphatic carbocycles. The van der Waals surface area contributed by atoms with Crippen LogP contribution >= 0.6 is 0 Å². The van der Waals surface area contributed by atoms with E-state index in [0.29, 0.717) is 5.56 Å². The summed E-state index contributed by atoms with van der Waals surface area (Å²) in [5, 5.41) is 19.7. The molecule has 1 aromatic rings. The summed E-state index contributed by atoms with van der Waals surface area (Å²) in [6, 6.07) is 12.7. The van der Waals surface area contributed by atoms with Crippen LogP contribution in [0, 0.1) is 22.7 Å². The summed E-state index contributed by atoms with van der Waals surface area (Å²) in [6.45, 7) is 0.990. The number of rotatable bonds is 9. The number of carbonyl (C=O) groups is 3. The Morgan fingerprint density at radius 2 is 1.70 bits per heavy atom. The van der Waals surface area contributed by atoms with Crippen molar-refractivity contribution < 1.29 is 19.1 Å². The number of benzene rings is 1. The zero-order valence-electron chi connectivity index (χ0n) is 15.0. The molecule has 0 saturated carbocycles. The maximum atomic E-state index is 12.3. The van der Waals surface area contributed by atoms with Crippen molar-refractivity contribution in [1.82, 2.24) is 10.2 Å². The monoisotopic (exact) mass is 368 g/mol. The lowest BCUT2D eigenvalue weighted by molar-refractivity contribution is -0.149. The number of esters is 1. The summed E-state index contributed by atoms with van der Waals surface area (Å²) in [5.74, 6) is -1.83. The fourth-order valence-corrected chi connectivity index (χ4v) is 2.08. The maximum absolute atomic E-state index is 12.3. The van der Waals surface area contributed by atoms with Crippen LogP contribution in [0.25, 0.3) is 6.08 Å². The Labute approximate surface area is 157 Å². The molecule has 0 heterocycles. The van der Waals surface area contributed by atoms with Crippen LogP contribution in [0.4, 0.5) is 0 Å². The number of nitrogens with one attached hydrogen (secondary N) is 1. The normalized spacial score (nSPS) is 10.3. The number of ether oxygens (including phenoxy) is 1. The van der Waals surface area contributed by atoms with Crippen molar-refractivity contribution in [2.45, 2.75) is 19.8 Å². The van der Waals surface area contributed by atoms with E-state index in [2.05, 4.69) is 5.32 Å². The minimum atomic E-state index is -0.858. The van der Waals surface area contributed by atoms with Gasteiger partial charge < -0.3 is 15.0 Å². The van der Waals surface area contributed by atoms with Crippen molar-refractivity contribution in [3.05, 3.63) is 41.6 Å². The number of nitriles is 2. The van der Waals surface area contributed by atoms with E-state index < -0.39 is 24.4 Å². The molecule has 27 heavy (non-hydrogen) atoms. The van der Waals surface area contributed by atoms with Gasteiger partial charge in [0, 0.05) is 20.0 Å². The van der Waals surface area contributed by atoms with Gasteiger partial charge in [0.1, 0.15) is 5.70 Å². The Morgan fingerprint density at radius 1 is 1.11 bits per heavy atom. The smallest absolute Gasteiger partial charge is 0.355 e. The van der Waals surface area contributed by atoms with Crippen molar-refractivity contribution in [2.24, 2.45) is 0 Å². The first kappa shape index (κ1) is 21.4. The molecule has 0 aromatic heterocycles. The molecule has 0 atom stereocenters. The summed E-state index contributed by atoms with van der Waals surface area (Å²) in [4.78, 5) is 37.1. The largest absolute Gasteiger partial charge is 0.451 e. The lowest BCUT2D eigenvalue weighted by Crippen LogP contribution is -2.37. The predicted molar refractivity (Wildman–Crippen MR) is 96.2 cm³/mol. The molecule has 0 bridgehead atoms. The van der Waals surface area contributed by atoms with Crippen LogP contribution in [0.5, 0.6) is 0 Å². The molecular weight excluding hydrogens is 348 g/mol. The number of carbonyl (C=O) groups excluding carboxylic acids is 3. The maximum Gasteiger partial charge on any atom is 0.355 e. The highest BCUT2D eigenvalue weighted by atomic mass is 16.5.